The van der Waals surface area contributed by atoms with Gasteiger partial charge >= 0.3 is 5.97 Å². The lowest BCUT2D eigenvalue weighted by Gasteiger charge is -2.56. The van der Waals surface area contributed by atoms with E-state index in [9.17, 15) is 19.5 Å². The molecule has 0 aromatic heterocycles. The normalized spacial score (nSPS) is 33.2. The molecule has 0 spiro atoms. The summed E-state index contributed by atoms with van der Waals surface area (Å²) in [6.45, 7) is 12.9. The Kier molecular flexibility index (Phi) is 8.43. The molecule has 0 radical (unpaired) electrons. The number of fused-ring (bicyclic) bond motifs is 6. The minimum atomic E-state index is -0.691. The Morgan fingerprint density at radius 2 is 1.33 bits per heavy atom. The number of imide groups is 1. The van der Waals surface area contributed by atoms with Gasteiger partial charge in [-0.25, -0.2) is 0 Å². The van der Waals surface area contributed by atoms with Crippen molar-refractivity contribution in [2.75, 3.05) is 0 Å². The minimum Gasteiger partial charge on any atom is -0.508 e. The van der Waals surface area contributed by atoms with Gasteiger partial charge in [0.05, 0.1) is 10.8 Å². The number of phenolic OH excluding ortho intramolecular Hbond substituents is 1. The maximum Gasteiger partial charge on any atom is 0.311 e. The number of carbonyl (C=O) groups excluding carboxylic acids is 3. The molecule has 46 heavy (non-hydrogen) atoms. The van der Waals surface area contributed by atoms with Crippen molar-refractivity contribution in [2.45, 2.75) is 129 Å². The summed E-state index contributed by atoms with van der Waals surface area (Å²) in [5, 5.41) is 13.4. The number of ether oxygens (including phenoxy) is 1. The van der Waals surface area contributed by atoms with Crippen molar-refractivity contribution in [3.8, 4) is 11.5 Å². The molecule has 6 heteroatoms. The summed E-state index contributed by atoms with van der Waals surface area (Å²) in [5.74, 6) is 0.949. The molecule has 2 N–H and O–H groups in total. The zero-order valence-corrected chi connectivity index (χ0v) is 28.8. The first-order valence-electron chi connectivity index (χ1n) is 17.7. The van der Waals surface area contributed by atoms with E-state index >= 15 is 0 Å². The van der Waals surface area contributed by atoms with Gasteiger partial charge in [-0.15, -0.1) is 0 Å². The molecule has 6 atom stereocenters. The average molecular weight is 628 g/mol. The van der Waals surface area contributed by atoms with Crippen molar-refractivity contribution in [3.05, 3.63) is 58.7 Å². The number of aryl methyl sites for hydroxylation is 2. The summed E-state index contributed by atoms with van der Waals surface area (Å²) in [7, 11) is 0. The summed E-state index contributed by atoms with van der Waals surface area (Å²) in [6.07, 6.45) is 9.92. The fraction of sp³-hybridized carbons (Fsp3) is 0.625. The van der Waals surface area contributed by atoms with Crippen molar-refractivity contribution in [2.24, 2.45) is 28.6 Å². The van der Waals surface area contributed by atoms with Crippen molar-refractivity contribution in [3.63, 3.8) is 0 Å². The van der Waals surface area contributed by atoms with Crippen LogP contribution in [0.15, 0.2) is 36.4 Å². The zero-order valence-electron chi connectivity index (χ0n) is 28.8. The third-order valence-electron chi connectivity index (χ3n) is 13.1. The standard InChI is InChI=1S/C40H53NO5/c1-25(2)9-18-34(43)46-29-15-11-27-13-17-33-38(4,31(27)24-29)20-8-22-40(33,6)36(45)41-35(44)39(5)21-7-19-37(3)30-23-28(42)14-10-26(30)12-16-32(37)39/h10-11,14-15,23-25,32-33,42H,7-9,12-13,16-22H2,1-6H3,(H,41,44,45)/t32-,33-,37-,38-,39+,40+/m1/s1. The molecule has 6 rings (SSSR count). The Morgan fingerprint density at radius 3 is 1.87 bits per heavy atom. The third kappa shape index (κ3) is 5.38. The van der Waals surface area contributed by atoms with Gasteiger partial charge in [0.15, 0.2) is 0 Å². The second-order valence-electron chi connectivity index (χ2n) is 16.4. The molecule has 0 unspecified atom stereocenters. The van der Waals surface area contributed by atoms with E-state index in [-0.39, 0.29) is 46.2 Å². The van der Waals surface area contributed by atoms with E-state index in [0.717, 1.165) is 76.2 Å². The number of amides is 2. The fourth-order valence-corrected chi connectivity index (χ4v) is 10.5. The first-order valence-corrected chi connectivity index (χ1v) is 17.7. The van der Waals surface area contributed by atoms with Crippen LogP contribution in [0.25, 0.3) is 0 Å². The number of rotatable bonds is 6. The van der Waals surface area contributed by atoms with Crippen LogP contribution in [0.4, 0.5) is 0 Å². The second kappa shape index (κ2) is 11.8. The molecular formula is C40H53NO5. The number of carbonyl (C=O) groups is 3. The number of aromatic hydroxyl groups is 1. The predicted octanol–water partition coefficient (Wildman–Crippen LogP) is 8.10. The van der Waals surface area contributed by atoms with Gasteiger partial charge in [0.25, 0.3) is 0 Å². The van der Waals surface area contributed by atoms with Gasteiger partial charge in [-0.3, -0.25) is 19.7 Å². The SMILES string of the molecule is CC(C)CCC(=O)Oc1ccc2c(c1)[C@@]1(C)CCC[C@](C)(C(=O)NC(=O)[C@@]3(C)CCC[C@]4(C)c5cc(O)ccc5CC[C@@H]34)[C@@H]1CC2. The summed E-state index contributed by atoms with van der Waals surface area (Å²) in [4.78, 5) is 41.3. The summed E-state index contributed by atoms with van der Waals surface area (Å²) < 4.78 is 5.79. The largest absolute Gasteiger partial charge is 0.508 e. The van der Waals surface area contributed by atoms with Crippen LogP contribution in [0.3, 0.4) is 0 Å². The zero-order chi connectivity index (χ0) is 33.1. The molecule has 4 aliphatic rings. The van der Waals surface area contributed by atoms with E-state index in [4.69, 9.17) is 4.74 Å². The molecule has 2 saturated carbocycles. The molecule has 0 bridgehead atoms. The Morgan fingerprint density at radius 1 is 0.804 bits per heavy atom. The molecule has 248 valence electrons. The fourth-order valence-electron chi connectivity index (χ4n) is 10.5. The van der Waals surface area contributed by atoms with Crippen molar-refractivity contribution in [1.29, 1.82) is 0 Å². The Labute approximate surface area is 275 Å². The molecule has 0 heterocycles. The van der Waals surface area contributed by atoms with Crippen molar-refractivity contribution < 1.29 is 24.2 Å². The van der Waals surface area contributed by atoms with Gasteiger partial charge in [-0.2, -0.15) is 0 Å². The number of hydrogen-bond acceptors (Lipinski definition) is 5. The maximum atomic E-state index is 14.4. The van der Waals surface area contributed by atoms with Crippen LogP contribution < -0.4 is 10.1 Å². The van der Waals surface area contributed by atoms with Gasteiger partial charge in [0, 0.05) is 6.42 Å². The van der Waals surface area contributed by atoms with Gasteiger partial charge in [0.2, 0.25) is 11.8 Å². The first-order chi connectivity index (χ1) is 21.7. The van der Waals surface area contributed by atoms with Crippen LogP contribution in [0.1, 0.15) is 128 Å². The smallest absolute Gasteiger partial charge is 0.311 e. The Balaban J connectivity index is 1.23. The van der Waals surface area contributed by atoms with E-state index < -0.39 is 10.8 Å². The van der Waals surface area contributed by atoms with Crippen molar-refractivity contribution in [1.82, 2.24) is 5.32 Å². The Bertz CT molecular complexity index is 1550. The minimum absolute atomic E-state index is 0.0647. The molecule has 2 aromatic rings. The number of phenols is 1. The van der Waals surface area contributed by atoms with Crippen LogP contribution in [0.5, 0.6) is 11.5 Å². The topological polar surface area (TPSA) is 92.7 Å². The molecule has 4 aliphatic carbocycles. The quantitative estimate of drug-likeness (QED) is 0.192. The maximum absolute atomic E-state index is 14.4. The third-order valence-corrected chi connectivity index (χ3v) is 13.1. The molecule has 0 aliphatic heterocycles. The lowest BCUT2D eigenvalue weighted by Crippen LogP contribution is -2.60. The first kappa shape index (κ1) is 32.8. The lowest BCUT2D eigenvalue weighted by molar-refractivity contribution is -0.150. The summed E-state index contributed by atoms with van der Waals surface area (Å²) >= 11 is 0. The highest BCUT2D eigenvalue weighted by Crippen LogP contribution is 2.59. The molecular weight excluding hydrogens is 574 g/mol. The van der Waals surface area contributed by atoms with E-state index in [1.165, 1.54) is 16.7 Å². The average Bonchev–Trinajstić information content (AvgIpc) is 3.00. The van der Waals surface area contributed by atoms with E-state index in [1.54, 1.807) is 6.07 Å². The highest BCUT2D eigenvalue weighted by molar-refractivity contribution is 6.00. The summed E-state index contributed by atoms with van der Waals surface area (Å²) in [5.41, 5.74) is 3.02. The Hall–Kier alpha value is -3.15. The lowest BCUT2D eigenvalue weighted by atomic mass is 9.49. The van der Waals surface area contributed by atoms with E-state index in [1.807, 2.05) is 24.3 Å². The molecule has 2 amide bonds. The molecule has 0 saturated heterocycles. The summed E-state index contributed by atoms with van der Waals surface area (Å²) in [6, 6.07) is 11.8. The second-order valence-corrected chi connectivity index (χ2v) is 16.4. The van der Waals surface area contributed by atoms with Gasteiger partial charge in [-0.1, -0.05) is 66.5 Å². The van der Waals surface area contributed by atoms with Gasteiger partial charge < -0.3 is 9.84 Å². The van der Waals surface area contributed by atoms with Crippen LogP contribution >= 0.6 is 0 Å². The van der Waals surface area contributed by atoms with E-state index in [0.29, 0.717) is 18.1 Å². The van der Waals surface area contributed by atoms with Gasteiger partial charge in [0.1, 0.15) is 11.5 Å². The number of nitrogens with one attached hydrogen (secondary N) is 1. The van der Waals surface area contributed by atoms with E-state index in [2.05, 4.69) is 52.9 Å². The van der Waals surface area contributed by atoms with Crippen LogP contribution in [-0.4, -0.2) is 22.9 Å². The molecule has 6 nitrogen and oxygen atoms in total. The van der Waals surface area contributed by atoms with Crippen LogP contribution in [0, 0.1) is 28.6 Å². The van der Waals surface area contributed by atoms with Crippen LogP contribution in [-0.2, 0) is 38.1 Å². The van der Waals surface area contributed by atoms with Crippen molar-refractivity contribution >= 4 is 17.8 Å². The predicted molar refractivity (Wildman–Crippen MR) is 180 cm³/mol. The highest BCUT2D eigenvalue weighted by Gasteiger charge is 2.58. The van der Waals surface area contributed by atoms with Crippen LogP contribution in [0.2, 0.25) is 0 Å². The number of benzene rings is 2. The number of esters is 1. The number of hydrogen-bond donors (Lipinski definition) is 2. The molecule has 2 aromatic carbocycles. The monoisotopic (exact) mass is 627 g/mol. The highest BCUT2D eigenvalue weighted by atomic mass is 16.5. The van der Waals surface area contributed by atoms with Gasteiger partial charge in [-0.05, 0) is 133 Å². The molecule has 2 fully saturated rings.